The SMILES string of the molecule is Nc1cc(Cl)ccc1-c1nnnn1Cc1ccc(Br)cc1. The van der Waals surface area contributed by atoms with E-state index in [9.17, 15) is 0 Å². The fraction of sp³-hybridized carbons (Fsp3) is 0.0714. The Morgan fingerprint density at radius 2 is 1.90 bits per heavy atom. The second-order valence-electron chi connectivity index (χ2n) is 4.52. The molecule has 5 nitrogen and oxygen atoms in total. The normalized spacial score (nSPS) is 10.8. The van der Waals surface area contributed by atoms with Crippen molar-refractivity contribution in [1.29, 1.82) is 0 Å². The molecule has 0 aliphatic carbocycles. The predicted molar refractivity (Wildman–Crippen MR) is 85.9 cm³/mol. The maximum absolute atomic E-state index is 6.00. The molecule has 0 unspecified atom stereocenters. The van der Waals surface area contributed by atoms with Crippen LogP contribution in [0.1, 0.15) is 5.56 Å². The summed E-state index contributed by atoms with van der Waals surface area (Å²) < 4.78 is 2.74. The van der Waals surface area contributed by atoms with E-state index in [2.05, 4.69) is 31.5 Å². The van der Waals surface area contributed by atoms with Crippen LogP contribution in [-0.2, 0) is 6.54 Å². The van der Waals surface area contributed by atoms with Crippen molar-refractivity contribution in [3.8, 4) is 11.4 Å². The van der Waals surface area contributed by atoms with Crippen LogP contribution in [0.3, 0.4) is 0 Å². The summed E-state index contributed by atoms with van der Waals surface area (Å²) in [6, 6.07) is 13.3. The summed E-state index contributed by atoms with van der Waals surface area (Å²) in [5, 5.41) is 12.4. The Bertz CT molecular complexity index is 769. The van der Waals surface area contributed by atoms with Crippen LogP contribution in [0.25, 0.3) is 11.4 Å². The van der Waals surface area contributed by atoms with Gasteiger partial charge in [-0.15, -0.1) is 5.10 Å². The summed E-state index contributed by atoms with van der Waals surface area (Å²) in [6.45, 7) is 0.567. The number of halogens is 2. The van der Waals surface area contributed by atoms with Crippen molar-refractivity contribution in [2.24, 2.45) is 0 Å². The number of aromatic nitrogens is 4. The lowest BCUT2D eigenvalue weighted by Crippen LogP contribution is -2.05. The molecule has 0 aliphatic heterocycles. The lowest BCUT2D eigenvalue weighted by atomic mass is 10.1. The number of nitrogen functional groups attached to an aromatic ring is 1. The lowest BCUT2D eigenvalue weighted by molar-refractivity contribution is 0.653. The van der Waals surface area contributed by atoms with Gasteiger partial charge in [-0.05, 0) is 46.3 Å². The highest BCUT2D eigenvalue weighted by molar-refractivity contribution is 9.10. The van der Waals surface area contributed by atoms with Gasteiger partial charge in [0.1, 0.15) is 0 Å². The zero-order valence-corrected chi connectivity index (χ0v) is 13.2. The van der Waals surface area contributed by atoms with Crippen LogP contribution in [0.4, 0.5) is 5.69 Å². The predicted octanol–water partition coefficient (Wildman–Crippen LogP) is 3.39. The zero-order chi connectivity index (χ0) is 14.8. The van der Waals surface area contributed by atoms with Crippen molar-refractivity contribution < 1.29 is 0 Å². The van der Waals surface area contributed by atoms with Crippen LogP contribution < -0.4 is 5.73 Å². The second-order valence-corrected chi connectivity index (χ2v) is 5.87. The molecule has 1 heterocycles. The molecule has 0 saturated heterocycles. The summed E-state index contributed by atoms with van der Waals surface area (Å²) in [7, 11) is 0. The Balaban J connectivity index is 1.95. The lowest BCUT2D eigenvalue weighted by Gasteiger charge is -2.07. The van der Waals surface area contributed by atoms with E-state index in [0.717, 1.165) is 15.6 Å². The van der Waals surface area contributed by atoms with Gasteiger partial charge >= 0.3 is 0 Å². The molecule has 0 saturated carbocycles. The molecule has 2 N–H and O–H groups in total. The first-order valence-corrected chi connectivity index (χ1v) is 7.36. The second kappa shape index (κ2) is 5.83. The van der Waals surface area contributed by atoms with E-state index >= 15 is 0 Å². The van der Waals surface area contributed by atoms with Gasteiger partial charge in [0.05, 0.1) is 6.54 Å². The van der Waals surface area contributed by atoms with E-state index in [1.165, 1.54) is 0 Å². The monoisotopic (exact) mass is 363 g/mol. The van der Waals surface area contributed by atoms with Crippen LogP contribution >= 0.6 is 27.5 Å². The molecule has 0 spiro atoms. The molecule has 0 fully saturated rings. The van der Waals surface area contributed by atoms with Gasteiger partial charge in [-0.2, -0.15) is 0 Å². The number of nitrogens with two attached hydrogens (primary N) is 1. The summed E-state index contributed by atoms with van der Waals surface area (Å²) in [5.74, 6) is 0.618. The van der Waals surface area contributed by atoms with E-state index in [0.29, 0.717) is 23.1 Å². The van der Waals surface area contributed by atoms with Gasteiger partial charge < -0.3 is 5.73 Å². The summed E-state index contributed by atoms with van der Waals surface area (Å²) in [5.41, 5.74) is 8.41. The van der Waals surface area contributed by atoms with Gasteiger partial charge in [0.15, 0.2) is 5.82 Å². The Labute approximate surface area is 134 Å². The number of tetrazole rings is 1. The van der Waals surface area contributed by atoms with Crippen LogP contribution in [0.2, 0.25) is 5.02 Å². The number of rotatable bonds is 3. The Morgan fingerprint density at radius 3 is 2.62 bits per heavy atom. The maximum Gasteiger partial charge on any atom is 0.184 e. The number of benzene rings is 2. The standard InChI is InChI=1S/C14H11BrClN5/c15-10-3-1-9(2-4-10)8-21-14(18-19-20-21)12-6-5-11(16)7-13(12)17/h1-7H,8,17H2. The molecule has 3 rings (SSSR count). The van der Waals surface area contributed by atoms with E-state index < -0.39 is 0 Å². The summed E-state index contributed by atoms with van der Waals surface area (Å²) in [6.07, 6.45) is 0. The average molecular weight is 365 g/mol. The molecule has 1 aromatic heterocycles. The average Bonchev–Trinajstić information content (AvgIpc) is 2.89. The number of hydrogen-bond donors (Lipinski definition) is 1. The third-order valence-corrected chi connectivity index (χ3v) is 3.80. The highest BCUT2D eigenvalue weighted by Crippen LogP contribution is 2.26. The fourth-order valence-electron chi connectivity index (χ4n) is 2.00. The fourth-order valence-corrected chi connectivity index (χ4v) is 2.45. The zero-order valence-electron chi connectivity index (χ0n) is 10.9. The van der Waals surface area contributed by atoms with Crippen molar-refractivity contribution in [3.63, 3.8) is 0 Å². The van der Waals surface area contributed by atoms with E-state index in [1.807, 2.05) is 30.3 Å². The van der Waals surface area contributed by atoms with Gasteiger partial charge in [0, 0.05) is 20.7 Å². The van der Waals surface area contributed by atoms with Gasteiger partial charge in [-0.3, -0.25) is 0 Å². The van der Waals surface area contributed by atoms with Crippen LogP contribution in [0, 0.1) is 0 Å². The molecule has 21 heavy (non-hydrogen) atoms. The molecule has 3 aromatic rings. The largest absolute Gasteiger partial charge is 0.398 e. The Morgan fingerprint density at radius 1 is 1.14 bits per heavy atom. The molecule has 0 bridgehead atoms. The Kier molecular flexibility index (Phi) is 3.90. The maximum atomic E-state index is 6.00. The van der Waals surface area contributed by atoms with E-state index in [4.69, 9.17) is 17.3 Å². The van der Waals surface area contributed by atoms with Gasteiger partial charge in [0.25, 0.3) is 0 Å². The molecule has 0 radical (unpaired) electrons. The first kappa shape index (κ1) is 14.0. The van der Waals surface area contributed by atoms with Crippen molar-refractivity contribution >= 4 is 33.2 Å². The molecule has 0 atom stereocenters. The van der Waals surface area contributed by atoms with Crippen LogP contribution in [-0.4, -0.2) is 20.2 Å². The molecule has 0 aliphatic rings. The van der Waals surface area contributed by atoms with Gasteiger partial charge in [-0.25, -0.2) is 4.68 Å². The third kappa shape index (κ3) is 3.06. The quantitative estimate of drug-likeness (QED) is 0.723. The smallest absolute Gasteiger partial charge is 0.184 e. The third-order valence-electron chi connectivity index (χ3n) is 3.03. The van der Waals surface area contributed by atoms with Crippen molar-refractivity contribution in [2.75, 3.05) is 5.73 Å². The van der Waals surface area contributed by atoms with Crippen molar-refractivity contribution in [3.05, 3.63) is 57.5 Å². The minimum atomic E-state index is 0.550. The minimum Gasteiger partial charge on any atom is -0.398 e. The highest BCUT2D eigenvalue weighted by atomic mass is 79.9. The molecule has 2 aromatic carbocycles. The van der Waals surface area contributed by atoms with Crippen LogP contribution in [0.5, 0.6) is 0 Å². The van der Waals surface area contributed by atoms with Crippen molar-refractivity contribution in [1.82, 2.24) is 20.2 Å². The molecular weight excluding hydrogens is 354 g/mol. The Hall–Kier alpha value is -1.92. The first-order chi connectivity index (χ1) is 10.1. The van der Waals surface area contributed by atoms with E-state index in [1.54, 1.807) is 16.8 Å². The highest BCUT2D eigenvalue weighted by Gasteiger charge is 2.12. The molecular formula is C14H11BrClN5. The first-order valence-electron chi connectivity index (χ1n) is 6.19. The van der Waals surface area contributed by atoms with Crippen molar-refractivity contribution in [2.45, 2.75) is 6.54 Å². The molecule has 7 heteroatoms. The number of hydrogen-bond acceptors (Lipinski definition) is 4. The van der Waals surface area contributed by atoms with Gasteiger partial charge in [-0.1, -0.05) is 39.7 Å². The summed E-state index contributed by atoms with van der Waals surface area (Å²) >= 11 is 9.33. The van der Waals surface area contributed by atoms with E-state index in [-0.39, 0.29) is 0 Å². The molecule has 0 amide bonds. The van der Waals surface area contributed by atoms with Gasteiger partial charge in [0.2, 0.25) is 0 Å². The topological polar surface area (TPSA) is 69.6 Å². The number of anilines is 1. The summed E-state index contributed by atoms with van der Waals surface area (Å²) in [4.78, 5) is 0. The molecule has 106 valence electrons. The number of nitrogens with zero attached hydrogens (tertiary/aromatic N) is 4. The minimum absolute atomic E-state index is 0.550. The van der Waals surface area contributed by atoms with Crippen LogP contribution in [0.15, 0.2) is 46.9 Å².